The van der Waals surface area contributed by atoms with Crippen LogP contribution >= 0.6 is 11.3 Å². The summed E-state index contributed by atoms with van der Waals surface area (Å²) in [7, 11) is 0. The highest BCUT2D eigenvalue weighted by Gasteiger charge is 2.31. The van der Waals surface area contributed by atoms with E-state index in [1.54, 1.807) is 11.3 Å². The molecule has 0 saturated heterocycles. The summed E-state index contributed by atoms with van der Waals surface area (Å²) >= 11 is 1.67. The number of amides is 1. The van der Waals surface area contributed by atoms with Crippen LogP contribution in [0.4, 0.5) is 0 Å². The topological polar surface area (TPSA) is 46.1 Å². The van der Waals surface area contributed by atoms with E-state index in [1.165, 1.54) is 5.56 Å². The highest BCUT2D eigenvalue weighted by Crippen LogP contribution is 2.36. The van der Waals surface area contributed by atoms with Crippen LogP contribution in [0.25, 0.3) is 21.3 Å². The predicted octanol–water partition coefficient (Wildman–Crippen LogP) is 4.87. The van der Waals surface area contributed by atoms with Crippen molar-refractivity contribution >= 4 is 28.1 Å². The molecule has 4 nitrogen and oxygen atoms in total. The zero-order chi connectivity index (χ0) is 19.1. The summed E-state index contributed by atoms with van der Waals surface area (Å²) in [5.41, 5.74) is 5.85. The molecule has 0 spiro atoms. The van der Waals surface area contributed by atoms with Gasteiger partial charge in [-0.3, -0.25) is 14.8 Å². The fourth-order valence-electron chi connectivity index (χ4n) is 3.79. The van der Waals surface area contributed by atoms with Crippen LogP contribution in [0.2, 0.25) is 0 Å². The molecule has 3 aromatic heterocycles. The summed E-state index contributed by atoms with van der Waals surface area (Å²) in [4.78, 5) is 25.4. The Morgan fingerprint density at radius 2 is 2.00 bits per heavy atom. The van der Waals surface area contributed by atoms with E-state index in [-0.39, 0.29) is 5.91 Å². The summed E-state index contributed by atoms with van der Waals surface area (Å²) < 4.78 is 0. The van der Waals surface area contributed by atoms with Gasteiger partial charge in [0, 0.05) is 40.7 Å². The molecule has 0 N–H and O–H groups in total. The van der Waals surface area contributed by atoms with Gasteiger partial charge in [-0.25, -0.2) is 0 Å². The van der Waals surface area contributed by atoms with Gasteiger partial charge in [0.05, 0.1) is 23.3 Å². The molecule has 4 heterocycles. The van der Waals surface area contributed by atoms with Crippen molar-refractivity contribution in [1.29, 1.82) is 0 Å². The van der Waals surface area contributed by atoms with E-state index < -0.39 is 0 Å². The van der Waals surface area contributed by atoms with Gasteiger partial charge in [0.25, 0.3) is 5.91 Å². The maximum absolute atomic E-state index is 13.1. The molecule has 28 heavy (non-hydrogen) atoms. The molecule has 1 aliphatic rings. The highest BCUT2D eigenvalue weighted by atomic mass is 32.1. The van der Waals surface area contributed by atoms with E-state index in [9.17, 15) is 4.79 Å². The molecule has 0 atom stereocenters. The molecule has 0 fully saturated rings. The Bertz CT molecular complexity index is 1200. The van der Waals surface area contributed by atoms with Gasteiger partial charge >= 0.3 is 0 Å². The van der Waals surface area contributed by atoms with Gasteiger partial charge in [-0.2, -0.15) is 0 Å². The lowest BCUT2D eigenvalue weighted by atomic mass is 10.0. The molecule has 0 saturated carbocycles. The van der Waals surface area contributed by atoms with E-state index in [1.807, 2.05) is 35.4 Å². The number of hydrogen-bond acceptors (Lipinski definition) is 4. The minimum atomic E-state index is 0.0756. The number of aryl methyl sites for hydroxylation is 1. The monoisotopic (exact) mass is 385 g/mol. The third-order valence-electron chi connectivity index (χ3n) is 5.27. The first-order valence-electron chi connectivity index (χ1n) is 9.37. The van der Waals surface area contributed by atoms with Crippen LogP contribution in [-0.2, 0) is 13.0 Å². The predicted molar refractivity (Wildman–Crippen MR) is 112 cm³/mol. The quantitative estimate of drug-likeness (QED) is 0.504. The molecule has 1 aromatic carbocycles. The fourth-order valence-corrected chi connectivity index (χ4v) is 4.75. The summed E-state index contributed by atoms with van der Waals surface area (Å²) in [6.45, 7) is 3.30. The van der Waals surface area contributed by atoms with Crippen molar-refractivity contribution in [2.75, 3.05) is 6.54 Å². The average Bonchev–Trinajstić information content (AvgIpc) is 3.29. The van der Waals surface area contributed by atoms with Crippen molar-refractivity contribution in [3.8, 4) is 10.4 Å². The first kappa shape index (κ1) is 17.1. The van der Waals surface area contributed by atoms with Gasteiger partial charge in [0.15, 0.2) is 0 Å². The van der Waals surface area contributed by atoms with Crippen LogP contribution in [0.15, 0.2) is 60.1 Å². The molecule has 0 unspecified atom stereocenters. The Kier molecular flexibility index (Phi) is 4.17. The van der Waals surface area contributed by atoms with Gasteiger partial charge < -0.3 is 4.90 Å². The number of aromatic nitrogens is 2. The summed E-state index contributed by atoms with van der Waals surface area (Å²) in [5.74, 6) is 0.0756. The number of hydrogen-bond donors (Lipinski definition) is 0. The SMILES string of the molecule is Cc1ccsc1-c1ccnc2c1C(=O)N(CCc1ccc3ccccc3n1)C2. The van der Waals surface area contributed by atoms with Crippen molar-refractivity contribution in [3.05, 3.63) is 82.6 Å². The first-order valence-corrected chi connectivity index (χ1v) is 10.2. The summed E-state index contributed by atoms with van der Waals surface area (Å²) in [6, 6.07) is 16.3. The largest absolute Gasteiger partial charge is 0.332 e. The van der Waals surface area contributed by atoms with Crippen molar-refractivity contribution in [2.24, 2.45) is 0 Å². The second kappa shape index (κ2) is 6.84. The van der Waals surface area contributed by atoms with Gasteiger partial charge in [-0.15, -0.1) is 11.3 Å². The second-order valence-corrected chi connectivity index (χ2v) is 8.00. The van der Waals surface area contributed by atoms with E-state index in [0.717, 1.165) is 44.7 Å². The number of rotatable bonds is 4. The van der Waals surface area contributed by atoms with Crippen LogP contribution in [-0.4, -0.2) is 27.3 Å². The smallest absolute Gasteiger partial charge is 0.256 e. The molecular weight excluding hydrogens is 366 g/mol. The minimum absolute atomic E-state index is 0.0756. The van der Waals surface area contributed by atoms with E-state index >= 15 is 0 Å². The lowest BCUT2D eigenvalue weighted by molar-refractivity contribution is 0.0780. The number of pyridine rings is 2. The number of nitrogens with zero attached hydrogens (tertiary/aromatic N) is 3. The fraction of sp³-hybridized carbons (Fsp3) is 0.174. The van der Waals surface area contributed by atoms with Crippen molar-refractivity contribution in [2.45, 2.75) is 19.9 Å². The number of carbonyl (C=O) groups excluding carboxylic acids is 1. The Morgan fingerprint density at radius 3 is 2.86 bits per heavy atom. The van der Waals surface area contributed by atoms with E-state index in [0.29, 0.717) is 13.1 Å². The number of thiophene rings is 1. The average molecular weight is 385 g/mol. The Hall–Kier alpha value is -3.05. The molecular formula is C23H19N3OS. The Balaban J connectivity index is 1.38. The van der Waals surface area contributed by atoms with E-state index in [4.69, 9.17) is 4.98 Å². The van der Waals surface area contributed by atoms with Crippen LogP contribution in [0.3, 0.4) is 0 Å². The normalized spacial score (nSPS) is 13.3. The highest BCUT2D eigenvalue weighted by molar-refractivity contribution is 7.13. The number of carbonyl (C=O) groups is 1. The molecule has 0 bridgehead atoms. The third kappa shape index (κ3) is 2.88. The second-order valence-electron chi connectivity index (χ2n) is 7.08. The van der Waals surface area contributed by atoms with Crippen molar-refractivity contribution in [1.82, 2.24) is 14.9 Å². The van der Waals surface area contributed by atoms with Crippen LogP contribution < -0.4 is 0 Å². The molecule has 4 aromatic rings. The molecule has 0 aliphatic carbocycles. The van der Waals surface area contributed by atoms with Crippen LogP contribution in [0.5, 0.6) is 0 Å². The third-order valence-corrected chi connectivity index (χ3v) is 6.32. The van der Waals surface area contributed by atoms with Gasteiger partial charge in [-0.1, -0.05) is 24.3 Å². The summed E-state index contributed by atoms with van der Waals surface area (Å²) in [6.07, 6.45) is 2.55. The lowest BCUT2D eigenvalue weighted by Crippen LogP contribution is -2.26. The molecule has 1 amide bonds. The van der Waals surface area contributed by atoms with Crippen molar-refractivity contribution in [3.63, 3.8) is 0 Å². The maximum Gasteiger partial charge on any atom is 0.256 e. The minimum Gasteiger partial charge on any atom is -0.332 e. The van der Waals surface area contributed by atoms with Gasteiger partial charge in [0.2, 0.25) is 0 Å². The van der Waals surface area contributed by atoms with Crippen LogP contribution in [0.1, 0.15) is 27.3 Å². The maximum atomic E-state index is 13.1. The zero-order valence-electron chi connectivity index (χ0n) is 15.6. The number of benzene rings is 1. The van der Waals surface area contributed by atoms with Gasteiger partial charge in [0.1, 0.15) is 0 Å². The summed E-state index contributed by atoms with van der Waals surface area (Å²) in [5, 5.41) is 3.20. The first-order chi connectivity index (χ1) is 13.7. The Labute approximate surface area is 167 Å². The lowest BCUT2D eigenvalue weighted by Gasteiger charge is -2.15. The van der Waals surface area contributed by atoms with Crippen molar-refractivity contribution < 1.29 is 4.79 Å². The standard InChI is InChI=1S/C23H19N3OS/c1-15-10-13-28-22(15)18-8-11-24-20-14-26(23(27)21(18)20)12-9-17-7-6-16-4-2-3-5-19(16)25-17/h2-8,10-11,13H,9,12,14H2,1H3. The Morgan fingerprint density at radius 1 is 1.11 bits per heavy atom. The molecule has 0 radical (unpaired) electrons. The van der Waals surface area contributed by atoms with Crippen LogP contribution in [0, 0.1) is 6.92 Å². The molecule has 5 rings (SSSR count). The zero-order valence-corrected chi connectivity index (χ0v) is 16.4. The number of fused-ring (bicyclic) bond motifs is 2. The molecule has 5 heteroatoms. The van der Waals surface area contributed by atoms with Gasteiger partial charge in [-0.05, 0) is 42.1 Å². The molecule has 138 valence electrons. The number of para-hydroxylation sites is 1. The van der Waals surface area contributed by atoms with E-state index in [2.05, 4.69) is 41.6 Å². The molecule has 1 aliphatic heterocycles.